The van der Waals surface area contributed by atoms with Crippen molar-refractivity contribution in [1.29, 1.82) is 0 Å². The predicted molar refractivity (Wildman–Crippen MR) is 90.6 cm³/mol. The lowest BCUT2D eigenvalue weighted by atomic mass is 9.80. The summed E-state index contributed by atoms with van der Waals surface area (Å²) in [6, 6.07) is 3.82. The van der Waals surface area contributed by atoms with Gasteiger partial charge in [-0.2, -0.15) is 0 Å². The molecule has 0 atom stereocenters. The minimum absolute atomic E-state index is 0.0143. The Morgan fingerprint density at radius 3 is 2.23 bits per heavy atom. The molecule has 0 aliphatic carbocycles. The van der Waals surface area contributed by atoms with Crippen LogP contribution in [-0.2, 0) is 10.2 Å². The summed E-state index contributed by atoms with van der Waals surface area (Å²) in [5.41, 5.74) is 2.19. The number of Topliss-reactive ketones (excluding diaryl/α,β-unsaturated/α-hetero) is 1. The summed E-state index contributed by atoms with van der Waals surface area (Å²) in [5.74, 6) is -0.316. The minimum Gasteiger partial charge on any atom is -0.547 e. The molecule has 0 spiro atoms. The molecule has 0 aromatic heterocycles. The van der Waals surface area contributed by atoms with E-state index in [-0.39, 0.29) is 24.0 Å². The second-order valence-electron chi connectivity index (χ2n) is 6.92. The van der Waals surface area contributed by atoms with E-state index in [9.17, 15) is 9.59 Å². The molecule has 4 nitrogen and oxygen atoms in total. The van der Waals surface area contributed by atoms with E-state index >= 15 is 0 Å². The number of rotatable bonds is 6. The molecule has 0 fully saturated rings. The molecule has 0 radical (unpaired) electrons. The van der Waals surface area contributed by atoms with E-state index in [0.29, 0.717) is 5.56 Å². The first-order valence-corrected chi connectivity index (χ1v) is 10.4. The van der Waals surface area contributed by atoms with Crippen molar-refractivity contribution < 1.29 is 19.1 Å². The monoisotopic (exact) mass is 322 g/mol. The highest BCUT2D eigenvalue weighted by Gasteiger charge is 2.27. The number of carbonyl (C=O) groups excluding carboxylic acids is 1. The molecule has 1 N–H and O–H groups in total. The number of carboxylic acids is 1. The third-order valence-electron chi connectivity index (χ3n) is 3.23. The molecule has 0 amide bonds. The van der Waals surface area contributed by atoms with Gasteiger partial charge in [-0.25, -0.2) is 0 Å². The number of hydrogen-bond acceptors (Lipinski definition) is 3. The standard InChI is InChI=1S/C17H26O4Si/c1-11-9-12(13(18)7-8-15(19)20)16(17(2,3)4)14(10-11)21-22(5)6/h9-10,22H,7-8H2,1-6H3,(H,19,20). The molecule has 1 aromatic carbocycles. The SMILES string of the molecule is Cc1cc(O[SiH](C)C)c(C(C)(C)C)c(C(=O)CCC(=O)O)c1. The first kappa shape index (κ1) is 18.4. The quantitative estimate of drug-likeness (QED) is 0.640. The number of carboxylic acid groups (broad SMARTS) is 1. The van der Waals surface area contributed by atoms with Gasteiger partial charge in [0.1, 0.15) is 5.75 Å². The van der Waals surface area contributed by atoms with Crippen LogP contribution in [0, 0.1) is 6.92 Å². The first-order chi connectivity index (χ1) is 10.0. The largest absolute Gasteiger partial charge is 0.547 e. The van der Waals surface area contributed by atoms with Crippen molar-refractivity contribution >= 4 is 20.8 Å². The van der Waals surface area contributed by atoms with Crippen molar-refractivity contribution in [3.8, 4) is 5.75 Å². The van der Waals surface area contributed by atoms with E-state index in [1.165, 1.54) is 0 Å². The third kappa shape index (κ3) is 4.98. The van der Waals surface area contributed by atoms with Gasteiger partial charge in [-0.1, -0.05) is 20.8 Å². The van der Waals surface area contributed by atoms with Crippen LogP contribution in [0.3, 0.4) is 0 Å². The van der Waals surface area contributed by atoms with Gasteiger partial charge in [0.2, 0.25) is 9.04 Å². The summed E-state index contributed by atoms with van der Waals surface area (Å²) in [7, 11) is -1.31. The number of ketones is 1. The number of benzene rings is 1. The highest BCUT2D eigenvalue weighted by Crippen LogP contribution is 2.36. The number of aryl methyl sites for hydroxylation is 1. The van der Waals surface area contributed by atoms with Crippen molar-refractivity contribution in [2.24, 2.45) is 0 Å². The lowest BCUT2D eigenvalue weighted by Gasteiger charge is -2.27. The summed E-state index contributed by atoms with van der Waals surface area (Å²) in [4.78, 5) is 23.2. The summed E-state index contributed by atoms with van der Waals surface area (Å²) in [5, 5.41) is 8.80. The summed E-state index contributed by atoms with van der Waals surface area (Å²) < 4.78 is 6.04. The zero-order valence-electron chi connectivity index (χ0n) is 14.3. The maximum Gasteiger partial charge on any atom is 0.303 e. The molecule has 0 unspecified atom stereocenters. The van der Waals surface area contributed by atoms with Gasteiger partial charge in [0.05, 0.1) is 6.42 Å². The molecule has 1 aromatic rings. The Bertz CT molecular complexity index is 571. The fourth-order valence-electron chi connectivity index (χ4n) is 2.45. The van der Waals surface area contributed by atoms with Gasteiger partial charge in [-0.15, -0.1) is 0 Å². The van der Waals surface area contributed by atoms with Gasteiger partial charge in [0, 0.05) is 17.5 Å². The maximum atomic E-state index is 12.5. The number of aliphatic carboxylic acids is 1. The van der Waals surface area contributed by atoms with E-state index in [4.69, 9.17) is 9.53 Å². The Labute approximate surface area is 134 Å². The van der Waals surface area contributed by atoms with Crippen molar-refractivity contribution in [3.05, 3.63) is 28.8 Å². The van der Waals surface area contributed by atoms with Gasteiger partial charge < -0.3 is 9.53 Å². The van der Waals surface area contributed by atoms with Crippen LogP contribution in [0.4, 0.5) is 0 Å². The van der Waals surface area contributed by atoms with Crippen molar-refractivity contribution in [3.63, 3.8) is 0 Å². The molecule has 1 rings (SSSR count). The van der Waals surface area contributed by atoms with Crippen LogP contribution in [-0.4, -0.2) is 25.9 Å². The second kappa shape index (κ2) is 7.09. The fraction of sp³-hybridized carbons (Fsp3) is 0.529. The van der Waals surface area contributed by atoms with Gasteiger partial charge in [0.25, 0.3) is 0 Å². The van der Waals surface area contributed by atoms with Crippen LogP contribution in [0.15, 0.2) is 12.1 Å². The highest BCUT2D eigenvalue weighted by molar-refractivity contribution is 6.49. The second-order valence-corrected chi connectivity index (χ2v) is 9.25. The molecular formula is C17H26O4Si. The molecule has 0 aliphatic rings. The number of hydrogen-bond donors (Lipinski definition) is 1. The molecular weight excluding hydrogens is 296 g/mol. The maximum absolute atomic E-state index is 12.5. The Morgan fingerprint density at radius 1 is 1.18 bits per heavy atom. The van der Waals surface area contributed by atoms with E-state index in [1.807, 2.05) is 39.8 Å². The highest BCUT2D eigenvalue weighted by atomic mass is 28.3. The van der Waals surface area contributed by atoms with Crippen LogP contribution in [0.2, 0.25) is 13.1 Å². The van der Waals surface area contributed by atoms with Crippen molar-refractivity contribution in [2.75, 3.05) is 0 Å². The van der Waals surface area contributed by atoms with Gasteiger partial charge >= 0.3 is 5.97 Å². The Balaban J connectivity index is 3.38. The van der Waals surface area contributed by atoms with Gasteiger partial charge in [0.15, 0.2) is 5.78 Å². The van der Waals surface area contributed by atoms with Crippen LogP contribution in [0.25, 0.3) is 0 Å². The molecule has 0 saturated heterocycles. The summed E-state index contributed by atoms with van der Waals surface area (Å²) in [6.07, 6.45) is -0.133. The van der Waals surface area contributed by atoms with E-state index in [2.05, 4.69) is 13.1 Å². The normalized spacial score (nSPS) is 11.6. The Hall–Kier alpha value is -1.62. The molecule has 122 valence electrons. The summed E-state index contributed by atoms with van der Waals surface area (Å²) in [6.45, 7) is 12.2. The molecule has 22 heavy (non-hydrogen) atoms. The molecule has 0 saturated carbocycles. The first-order valence-electron chi connectivity index (χ1n) is 7.59. The zero-order valence-corrected chi connectivity index (χ0v) is 15.5. The predicted octanol–water partition coefficient (Wildman–Crippen LogP) is 3.70. The summed E-state index contributed by atoms with van der Waals surface area (Å²) >= 11 is 0. The van der Waals surface area contributed by atoms with E-state index < -0.39 is 15.0 Å². The van der Waals surface area contributed by atoms with Crippen LogP contribution in [0.5, 0.6) is 5.75 Å². The topological polar surface area (TPSA) is 63.6 Å². The molecule has 0 aliphatic heterocycles. The van der Waals surface area contributed by atoms with Gasteiger partial charge in [-0.05, 0) is 43.1 Å². The molecule has 0 bridgehead atoms. The average Bonchev–Trinajstić information content (AvgIpc) is 2.32. The molecule has 5 heteroatoms. The van der Waals surface area contributed by atoms with E-state index in [0.717, 1.165) is 16.9 Å². The lowest BCUT2D eigenvalue weighted by Crippen LogP contribution is -2.22. The zero-order chi connectivity index (χ0) is 17.1. The fourth-order valence-corrected chi connectivity index (χ4v) is 3.14. The van der Waals surface area contributed by atoms with Crippen LogP contribution < -0.4 is 4.43 Å². The van der Waals surface area contributed by atoms with Crippen molar-refractivity contribution in [2.45, 2.75) is 59.0 Å². The van der Waals surface area contributed by atoms with Crippen LogP contribution in [0.1, 0.15) is 55.1 Å². The smallest absolute Gasteiger partial charge is 0.303 e. The average molecular weight is 322 g/mol. The molecule has 0 heterocycles. The minimum atomic E-state index is -1.31. The van der Waals surface area contributed by atoms with Gasteiger partial charge in [-0.3, -0.25) is 9.59 Å². The lowest BCUT2D eigenvalue weighted by molar-refractivity contribution is -0.136. The number of carbonyl (C=O) groups is 2. The third-order valence-corrected chi connectivity index (χ3v) is 3.95. The Kier molecular flexibility index (Phi) is 5.94. The Morgan fingerprint density at radius 2 is 1.77 bits per heavy atom. The van der Waals surface area contributed by atoms with E-state index in [1.54, 1.807) is 0 Å². The van der Waals surface area contributed by atoms with Crippen LogP contribution >= 0.6 is 0 Å². The van der Waals surface area contributed by atoms with Crippen molar-refractivity contribution in [1.82, 2.24) is 0 Å².